The van der Waals surface area contributed by atoms with Gasteiger partial charge in [-0.3, -0.25) is 9.59 Å². The highest BCUT2D eigenvalue weighted by Crippen LogP contribution is 2.16. The van der Waals surface area contributed by atoms with E-state index in [4.69, 9.17) is 16.3 Å². The Bertz CT molecular complexity index is 295. The Hall–Kier alpha value is -1.15. The molecule has 0 saturated heterocycles. The third-order valence-corrected chi connectivity index (χ3v) is 3.60. The van der Waals surface area contributed by atoms with Crippen molar-refractivity contribution in [2.75, 3.05) is 18.1 Å². The summed E-state index contributed by atoms with van der Waals surface area (Å²) in [6.45, 7) is 3.57. The van der Waals surface area contributed by atoms with Gasteiger partial charge in [-0.25, -0.2) is 0 Å². The van der Waals surface area contributed by atoms with E-state index in [1.807, 2.05) is 6.92 Å². The normalized spacial score (nSPS) is 13.5. The summed E-state index contributed by atoms with van der Waals surface area (Å²) in [5.74, 6) is 1.54. The fourth-order valence-electron chi connectivity index (χ4n) is 1.07. The highest BCUT2D eigenvalue weighted by molar-refractivity contribution is 7.99. The van der Waals surface area contributed by atoms with Gasteiger partial charge in [0.15, 0.2) is 6.61 Å². The molecule has 0 bridgehead atoms. The van der Waals surface area contributed by atoms with Crippen LogP contribution in [0.25, 0.3) is 0 Å². The highest BCUT2D eigenvalue weighted by atomic mass is 32.2. The van der Waals surface area contributed by atoms with Crippen molar-refractivity contribution in [1.82, 2.24) is 0 Å². The number of carbonyl (C=O) groups is 2. The van der Waals surface area contributed by atoms with Gasteiger partial charge in [-0.2, -0.15) is 11.8 Å². The Morgan fingerprint density at radius 3 is 2.59 bits per heavy atom. The minimum Gasteiger partial charge on any atom is -0.481 e. The van der Waals surface area contributed by atoms with Gasteiger partial charge in [0.25, 0.3) is 0 Å². The van der Waals surface area contributed by atoms with Crippen LogP contribution in [-0.4, -0.2) is 35.2 Å². The number of ether oxygens (including phenoxy) is 1. The lowest BCUT2D eigenvalue weighted by Crippen LogP contribution is -2.19. The lowest BCUT2D eigenvalue weighted by molar-refractivity contribution is -0.145. The van der Waals surface area contributed by atoms with E-state index in [2.05, 4.69) is 5.92 Å². The van der Waals surface area contributed by atoms with Crippen molar-refractivity contribution in [3.8, 4) is 12.3 Å². The summed E-state index contributed by atoms with van der Waals surface area (Å²) < 4.78 is 4.78. The zero-order valence-corrected chi connectivity index (χ0v) is 11.0. The number of esters is 1. The highest BCUT2D eigenvalue weighted by Gasteiger charge is 2.18. The Morgan fingerprint density at radius 1 is 1.47 bits per heavy atom. The standard InChI is InChI=1S/C12H18O4S/c1-4-6-16-12(15)9(3)7-17-8-10(5-2)11(13)14/h1,9-10H,5-8H2,2-3H3,(H,13,14). The van der Waals surface area contributed by atoms with Gasteiger partial charge in [0.2, 0.25) is 0 Å². The summed E-state index contributed by atoms with van der Waals surface area (Å²) in [5, 5.41) is 8.84. The number of hydrogen-bond donors (Lipinski definition) is 1. The first kappa shape index (κ1) is 15.9. The lowest BCUT2D eigenvalue weighted by Gasteiger charge is -2.12. The second kappa shape index (κ2) is 8.94. The smallest absolute Gasteiger partial charge is 0.310 e. The number of carboxylic acid groups (broad SMARTS) is 1. The molecule has 2 atom stereocenters. The lowest BCUT2D eigenvalue weighted by atomic mass is 10.1. The second-order valence-corrected chi connectivity index (χ2v) is 4.77. The van der Waals surface area contributed by atoms with Crippen molar-refractivity contribution in [1.29, 1.82) is 0 Å². The summed E-state index contributed by atoms with van der Waals surface area (Å²) >= 11 is 1.45. The molecule has 0 aromatic rings. The van der Waals surface area contributed by atoms with Crippen LogP contribution in [-0.2, 0) is 14.3 Å². The molecule has 0 aliphatic heterocycles. The molecule has 0 radical (unpaired) electrons. The van der Waals surface area contributed by atoms with Crippen molar-refractivity contribution in [2.24, 2.45) is 11.8 Å². The van der Waals surface area contributed by atoms with Crippen LogP contribution in [0.15, 0.2) is 0 Å². The molecule has 0 amide bonds. The first-order valence-corrected chi connectivity index (χ1v) is 6.59. The number of hydrogen-bond acceptors (Lipinski definition) is 4. The number of aliphatic carboxylic acids is 1. The second-order valence-electron chi connectivity index (χ2n) is 3.69. The van der Waals surface area contributed by atoms with Crippen LogP contribution < -0.4 is 0 Å². The van der Waals surface area contributed by atoms with Gasteiger partial charge in [0.05, 0.1) is 11.8 Å². The van der Waals surface area contributed by atoms with Crippen LogP contribution in [0.1, 0.15) is 20.3 Å². The maximum atomic E-state index is 11.3. The van der Waals surface area contributed by atoms with Crippen molar-refractivity contribution < 1.29 is 19.4 Å². The fourth-order valence-corrected chi connectivity index (χ4v) is 2.36. The van der Waals surface area contributed by atoms with Crippen LogP contribution in [0.3, 0.4) is 0 Å². The molecule has 1 N–H and O–H groups in total. The minimum atomic E-state index is -0.789. The van der Waals surface area contributed by atoms with Gasteiger partial charge in [0.1, 0.15) is 0 Å². The van der Waals surface area contributed by atoms with Crippen LogP contribution in [0.4, 0.5) is 0 Å². The number of carbonyl (C=O) groups excluding carboxylic acids is 1. The summed E-state index contributed by atoms with van der Waals surface area (Å²) in [7, 11) is 0. The van der Waals surface area contributed by atoms with Crippen LogP contribution >= 0.6 is 11.8 Å². The number of carboxylic acids is 1. The molecule has 17 heavy (non-hydrogen) atoms. The number of thioether (sulfide) groups is 1. The Morgan fingerprint density at radius 2 is 2.12 bits per heavy atom. The van der Waals surface area contributed by atoms with E-state index in [-0.39, 0.29) is 24.4 Å². The van der Waals surface area contributed by atoms with E-state index >= 15 is 0 Å². The van der Waals surface area contributed by atoms with E-state index < -0.39 is 5.97 Å². The maximum Gasteiger partial charge on any atom is 0.310 e. The summed E-state index contributed by atoms with van der Waals surface area (Å²) in [4.78, 5) is 22.1. The van der Waals surface area contributed by atoms with Gasteiger partial charge in [-0.15, -0.1) is 6.42 Å². The molecule has 0 heterocycles. The molecular weight excluding hydrogens is 240 g/mol. The predicted molar refractivity (Wildman–Crippen MR) is 67.7 cm³/mol. The van der Waals surface area contributed by atoms with E-state index in [0.717, 1.165) is 0 Å². The van der Waals surface area contributed by atoms with E-state index in [0.29, 0.717) is 17.9 Å². The van der Waals surface area contributed by atoms with Crippen molar-refractivity contribution in [2.45, 2.75) is 20.3 Å². The Kier molecular flexibility index (Phi) is 8.34. The monoisotopic (exact) mass is 258 g/mol. The Balaban J connectivity index is 3.84. The summed E-state index contributed by atoms with van der Waals surface area (Å²) in [6.07, 6.45) is 5.57. The van der Waals surface area contributed by atoms with Crippen LogP contribution in [0.5, 0.6) is 0 Å². The average molecular weight is 258 g/mol. The molecule has 5 heteroatoms. The molecule has 0 aromatic carbocycles. The molecule has 0 rings (SSSR count). The first-order chi connectivity index (χ1) is 8.02. The average Bonchev–Trinajstić information content (AvgIpc) is 2.30. The molecule has 0 aromatic heterocycles. The topological polar surface area (TPSA) is 63.6 Å². The molecule has 4 nitrogen and oxygen atoms in total. The van der Waals surface area contributed by atoms with E-state index in [1.165, 1.54) is 11.8 Å². The third-order valence-electron chi connectivity index (χ3n) is 2.23. The van der Waals surface area contributed by atoms with Gasteiger partial charge < -0.3 is 9.84 Å². The predicted octanol–water partition coefficient (Wildman–Crippen LogP) is 1.64. The van der Waals surface area contributed by atoms with Crippen molar-refractivity contribution in [3.05, 3.63) is 0 Å². The third kappa shape index (κ3) is 6.90. The summed E-state index contributed by atoms with van der Waals surface area (Å²) in [5.41, 5.74) is 0. The van der Waals surface area contributed by atoms with Crippen LogP contribution in [0, 0.1) is 24.2 Å². The summed E-state index contributed by atoms with van der Waals surface area (Å²) in [6, 6.07) is 0. The molecule has 0 spiro atoms. The van der Waals surface area contributed by atoms with Gasteiger partial charge >= 0.3 is 11.9 Å². The maximum absolute atomic E-state index is 11.3. The van der Waals surface area contributed by atoms with Gasteiger partial charge in [-0.1, -0.05) is 19.8 Å². The quantitative estimate of drug-likeness (QED) is 0.529. The molecular formula is C12H18O4S. The van der Waals surface area contributed by atoms with Crippen molar-refractivity contribution in [3.63, 3.8) is 0 Å². The molecule has 0 fully saturated rings. The van der Waals surface area contributed by atoms with Gasteiger partial charge in [-0.05, 0) is 6.42 Å². The molecule has 0 aliphatic carbocycles. The molecule has 0 aliphatic rings. The van der Waals surface area contributed by atoms with Gasteiger partial charge in [0, 0.05) is 11.5 Å². The first-order valence-electron chi connectivity index (χ1n) is 5.43. The SMILES string of the molecule is C#CCOC(=O)C(C)CSCC(CC)C(=O)O. The molecule has 96 valence electrons. The number of terminal acetylenes is 1. The molecule has 0 saturated carbocycles. The van der Waals surface area contributed by atoms with Crippen LogP contribution in [0.2, 0.25) is 0 Å². The largest absolute Gasteiger partial charge is 0.481 e. The van der Waals surface area contributed by atoms with E-state index in [9.17, 15) is 9.59 Å². The van der Waals surface area contributed by atoms with E-state index in [1.54, 1.807) is 6.92 Å². The minimum absolute atomic E-state index is 0.0133. The zero-order chi connectivity index (χ0) is 13.3. The molecule has 2 unspecified atom stereocenters. The number of rotatable bonds is 8. The zero-order valence-electron chi connectivity index (χ0n) is 10.1. The van der Waals surface area contributed by atoms with Crippen molar-refractivity contribution >= 4 is 23.7 Å². The fraction of sp³-hybridized carbons (Fsp3) is 0.667. The Labute approximate surface area is 106 Å².